The van der Waals surface area contributed by atoms with Gasteiger partial charge in [-0.15, -0.1) is 0 Å². The van der Waals surface area contributed by atoms with Crippen LogP contribution >= 0.6 is 0 Å². The average Bonchev–Trinajstić information content (AvgIpc) is 2.80. The van der Waals surface area contributed by atoms with E-state index in [0.29, 0.717) is 25.8 Å². The number of hydrogen-bond donors (Lipinski definition) is 1. The summed E-state index contributed by atoms with van der Waals surface area (Å²) < 4.78 is 1.75. The first-order valence-electron chi connectivity index (χ1n) is 6.41. The zero-order valence-corrected chi connectivity index (χ0v) is 10.5. The van der Waals surface area contributed by atoms with Crippen molar-refractivity contribution in [1.29, 1.82) is 0 Å². The Morgan fingerprint density at radius 2 is 2.16 bits per heavy atom. The molecule has 19 heavy (non-hydrogen) atoms. The molecule has 0 aliphatic carbocycles. The summed E-state index contributed by atoms with van der Waals surface area (Å²) in [4.78, 5) is 15.5. The molecule has 3 rings (SSSR count). The molecular formula is C14H15N3O2. The van der Waals surface area contributed by atoms with Crippen molar-refractivity contribution in [3.8, 4) is 0 Å². The van der Waals surface area contributed by atoms with Gasteiger partial charge in [0.25, 0.3) is 0 Å². The number of aromatic nitrogens is 3. The number of aliphatic carboxylic acids is 1. The average molecular weight is 257 g/mol. The van der Waals surface area contributed by atoms with Crippen LogP contribution in [0.25, 0.3) is 0 Å². The molecule has 0 bridgehead atoms. The van der Waals surface area contributed by atoms with Gasteiger partial charge in [0.05, 0.1) is 12.5 Å². The van der Waals surface area contributed by atoms with Gasteiger partial charge in [-0.25, -0.2) is 9.67 Å². The van der Waals surface area contributed by atoms with Crippen molar-refractivity contribution in [2.75, 3.05) is 0 Å². The summed E-state index contributed by atoms with van der Waals surface area (Å²) in [6, 6.07) is 10.0. The molecule has 1 aliphatic heterocycles. The molecule has 0 saturated carbocycles. The monoisotopic (exact) mass is 257 g/mol. The second kappa shape index (κ2) is 4.84. The van der Waals surface area contributed by atoms with E-state index in [0.717, 1.165) is 11.6 Å². The molecule has 0 radical (unpaired) electrons. The highest BCUT2D eigenvalue weighted by atomic mass is 16.4. The fourth-order valence-electron chi connectivity index (χ4n) is 2.42. The van der Waals surface area contributed by atoms with E-state index in [1.165, 1.54) is 5.56 Å². The van der Waals surface area contributed by atoms with Crippen molar-refractivity contribution in [1.82, 2.24) is 14.8 Å². The summed E-state index contributed by atoms with van der Waals surface area (Å²) in [7, 11) is 0. The summed E-state index contributed by atoms with van der Waals surface area (Å²) in [5.41, 5.74) is 1.17. The summed E-state index contributed by atoms with van der Waals surface area (Å²) in [6.07, 6.45) is 2.04. The number of hydrogen-bond acceptors (Lipinski definition) is 3. The lowest BCUT2D eigenvalue weighted by atomic mass is 10.0. The second-order valence-corrected chi connectivity index (χ2v) is 4.86. The van der Waals surface area contributed by atoms with Crippen LogP contribution in [0.4, 0.5) is 0 Å². The molecule has 5 nitrogen and oxygen atoms in total. The van der Waals surface area contributed by atoms with Crippen molar-refractivity contribution in [2.24, 2.45) is 5.92 Å². The molecule has 1 unspecified atom stereocenters. The Morgan fingerprint density at radius 3 is 2.89 bits per heavy atom. The lowest BCUT2D eigenvalue weighted by molar-refractivity contribution is -0.142. The Kier molecular flexibility index (Phi) is 3.03. The van der Waals surface area contributed by atoms with Crippen LogP contribution in [0.15, 0.2) is 30.3 Å². The summed E-state index contributed by atoms with van der Waals surface area (Å²) in [5, 5.41) is 13.5. The first-order chi connectivity index (χ1) is 9.22. The van der Waals surface area contributed by atoms with Gasteiger partial charge in [-0.2, -0.15) is 5.10 Å². The van der Waals surface area contributed by atoms with Crippen LogP contribution in [-0.4, -0.2) is 25.8 Å². The fraction of sp³-hybridized carbons (Fsp3) is 0.357. The Morgan fingerprint density at radius 1 is 1.37 bits per heavy atom. The van der Waals surface area contributed by atoms with Crippen LogP contribution in [0.1, 0.15) is 23.6 Å². The first kappa shape index (κ1) is 11.9. The number of benzene rings is 1. The van der Waals surface area contributed by atoms with Gasteiger partial charge in [-0.1, -0.05) is 30.3 Å². The summed E-state index contributed by atoms with van der Waals surface area (Å²) in [5.74, 6) is 0.597. The maximum absolute atomic E-state index is 11.0. The van der Waals surface area contributed by atoms with Crippen molar-refractivity contribution in [3.63, 3.8) is 0 Å². The molecule has 0 spiro atoms. The van der Waals surface area contributed by atoms with Gasteiger partial charge in [-0.3, -0.25) is 4.79 Å². The minimum atomic E-state index is -0.745. The van der Waals surface area contributed by atoms with E-state index in [2.05, 4.69) is 10.1 Å². The van der Waals surface area contributed by atoms with Crippen LogP contribution in [-0.2, 0) is 24.2 Å². The van der Waals surface area contributed by atoms with Crippen LogP contribution in [0.5, 0.6) is 0 Å². The maximum Gasteiger partial charge on any atom is 0.308 e. The fourth-order valence-corrected chi connectivity index (χ4v) is 2.42. The largest absolute Gasteiger partial charge is 0.481 e. The molecule has 2 aromatic rings. The highest BCUT2D eigenvalue weighted by molar-refractivity contribution is 5.70. The zero-order chi connectivity index (χ0) is 13.2. The zero-order valence-electron chi connectivity index (χ0n) is 10.5. The smallest absolute Gasteiger partial charge is 0.308 e. The third-order valence-corrected chi connectivity index (χ3v) is 3.46. The van der Waals surface area contributed by atoms with Crippen molar-refractivity contribution >= 4 is 5.97 Å². The molecule has 1 aliphatic rings. The van der Waals surface area contributed by atoms with Crippen LogP contribution in [0.3, 0.4) is 0 Å². The number of carboxylic acids is 1. The SMILES string of the molecule is O=C(O)C1CCc2nc(Cc3ccccc3)nn2C1. The molecule has 0 saturated heterocycles. The Labute approximate surface area is 110 Å². The highest BCUT2D eigenvalue weighted by Crippen LogP contribution is 2.19. The van der Waals surface area contributed by atoms with Gasteiger partial charge in [0.1, 0.15) is 5.82 Å². The minimum absolute atomic E-state index is 0.334. The van der Waals surface area contributed by atoms with Crippen molar-refractivity contribution in [3.05, 3.63) is 47.5 Å². The third-order valence-electron chi connectivity index (χ3n) is 3.46. The molecule has 0 fully saturated rings. The van der Waals surface area contributed by atoms with Crippen molar-refractivity contribution in [2.45, 2.75) is 25.8 Å². The molecular weight excluding hydrogens is 242 g/mol. The Hall–Kier alpha value is -2.17. The predicted octanol–water partition coefficient (Wildman–Crippen LogP) is 1.52. The number of fused-ring (bicyclic) bond motifs is 1. The molecule has 98 valence electrons. The van der Waals surface area contributed by atoms with E-state index in [9.17, 15) is 4.79 Å². The number of rotatable bonds is 3. The van der Waals surface area contributed by atoms with Crippen molar-refractivity contribution < 1.29 is 9.90 Å². The lowest BCUT2D eigenvalue weighted by Gasteiger charge is -2.18. The summed E-state index contributed by atoms with van der Waals surface area (Å²) >= 11 is 0. The number of carbonyl (C=O) groups is 1. The topological polar surface area (TPSA) is 68.0 Å². The van der Waals surface area contributed by atoms with E-state index in [1.54, 1.807) is 4.68 Å². The molecule has 5 heteroatoms. The molecule has 1 aromatic carbocycles. The van der Waals surface area contributed by atoms with Crippen LogP contribution in [0.2, 0.25) is 0 Å². The van der Waals surface area contributed by atoms with E-state index >= 15 is 0 Å². The quantitative estimate of drug-likeness (QED) is 0.905. The van der Waals surface area contributed by atoms with E-state index in [-0.39, 0.29) is 5.92 Å². The standard InChI is InChI=1S/C14H15N3O2/c18-14(19)11-6-7-13-15-12(16-17(13)9-11)8-10-4-2-1-3-5-10/h1-5,11H,6-9H2,(H,18,19). The molecule has 1 aromatic heterocycles. The summed E-state index contributed by atoms with van der Waals surface area (Å²) in [6.45, 7) is 0.437. The Balaban J connectivity index is 1.78. The number of nitrogens with zero attached hydrogens (tertiary/aromatic N) is 3. The van der Waals surface area contributed by atoms with Gasteiger partial charge in [-0.05, 0) is 12.0 Å². The third kappa shape index (κ3) is 2.50. The van der Waals surface area contributed by atoms with E-state index in [4.69, 9.17) is 5.11 Å². The van der Waals surface area contributed by atoms with Gasteiger partial charge in [0, 0.05) is 12.8 Å². The molecule has 2 heterocycles. The van der Waals surface area contributed by atoms with Gasteiger partial charge >= 0.3 is 5.97 Å². The predicted molar refractivity (Wildman–Crippen MR) is 68.7 cm³/mol. The van der Waals surface area contributed by atoms with Gasteiger partial charge in [0.2, 0.25) is 0 Å². The number of aryl methyl sites for hydroxylation is 1. The van der Waals surface area contributed by atoms with Crippen LogP contribution < -0.4 is 0 Å². The van der Waals surface area contributed by atoms with E-state index < -0.39 is 5.97 Å². The molecule has 0 amide bonds. The lowest BCUT2D eigenvalue weighted by Crippen LogP contribution is -2.27. The molecule has 1 N–H and O–H groups in total. The second-order valence-electron chi connectivity index (χ2n) is 4.86. The normalized spacial score (nSPS) is 18.0. The van der Waals surface area contributed by atoms with Crippen LogP contribution in [0, 0.1) is 5.92 Å². The Bertz CT molecular complexity index is 592. The molecule has 1 atom stereocenters. The maximum atomic E-state index is 11.0. The number of carboxylic acid groups (broad SMARTS) is 1. The minimum Gasteiger partial charge on any atom is -0.481 e. The van der Waals surface area contributed by atoms with E-state index in [1.807, 2.05) is 30.3 Å². The van der Waals surface area contributed by atoms with Gasteiger partial charge < -0.3 is 5.11 Å². The van der Waals surface area contributed by atoms with Gasteiger partial charge in [0.15, 0.2) is 5.82 Å². The highest BCUT2D eigenvalue weighted by Gasteiger charge is 2.26. The first-order valence-corrected chi connectivity index (χ1v) is 6.41.